The molecule has 170 valence electrons. The van der Waals surface area contributed by atoms with Crippen LogP contribution in [0.2, 0.25) is 0 Å². The van der Waals surface area contributed by atoms with Crippen LogP contribution in [-0.2, 0) is 0 Å². The predicted molar refractivity (Wildman–Crippen MR) is 104 cm³/mol. The Labute approximate surface area is 178 Å². The van der Waals surface area contributed by atoms with Crippen LogP contribution in [0.4, 0.5) is 19.4 Å². The summed E-state index contributed by atoms with van der Waals surface area (Å²) in [5.74, 6) is -1.86. The average molecular weight is 474 g/mol. The van der Waals surface area contributed by atoms with Gasteiger partial charge >= 0.3 is 10.2 Å². The fourth-order valence-corrected chi connectivity index (χ4v) is 3.05. The molecule has 13 heteroatoms. The van der Waals surface area contributed by atoms with E-state index in [1.165, 1.54) is 25.1 Å². The molecular formula is C19H15F5N4O3S. The van der Waals surface area contributed by atoms with Crippen molar-refractivity contribution in [2.45, 2.75) is 17.4 Å². The second-order valence-electron chi connectivity index (χ2n) is 6.90. The molecule has 0 heterocycles. The summed E-state index contributed by atoms with van der Waals surface area (Å²) >= 11 is 0. The van der Waals surface area contributed by atoms with Crippen molar-refractivity contribution in [2.75, 3.05) is 6.61 Å². The molecule has 2 aromatic rings. The molecule has 3 N–H and O–H groups in total. The van der Waals surface area contributed by atoms with Gasteiger partial charge in [-0.2, -0.15) is 10.5 Å². The second kappa shape index (κ2) is 7.39. The molecule has 2 rings (SSSR count). The Morgan fingerprint density at radius 2 is 1.66 bits per heavy atom. The molecule has 0 saturated heterocycles. The van der Waals surface area contributed by atoms with Gasteiger partial charge in [-0.05, 0) is 49.4 Å². The molecule has 1 atom stereocenters. The van der Waals surface area contributed by atoms with E-state index in [1.807, 2.05) is 0 Å². The van der Waals surface area contributed by atoms with Gasteiger partial charge in [0.2, 0.25) is 5.91 Å². The van der Waals surface area contributed by atoms with E-state index in [0.29, 0.717) is 12.1 Å². The first-order valence-electron chi connectivity index (χ1n) is 8.52. The fourth-order valence-electron chi connectivity index (χ4n) is 2.40. The number of amides is 2. The zero-order valence-electron chi connectivity index (χ0n) is 16.2. The number of nitriles is 2. The number of carbonyl (C=O) groups is 2. The fraction of sp³-hybridized carbons (Fsp3) is 0.158. The maximum absolute atomic E-state index is 12.8. The van der Waals surface area contributed by atoms with Crippen LogP contribution in [0.15, 0.2) is 47.4 Å². The van der Waals surface area contributed by atoms with Crippen molar-refractivity contribution in [2.24, 2.45) is 5.73 Å². The van der Waals surface area contributed by atoms with Gasteiger partial charge < -0.3 is 15.8 Å². The maximum atomic E-state index is 12.8. The third-order valence-electron chi connectivity index (χ3n) is 4.05. The van der Waals surface area contributed by atoms with Crippen molar-refractivity contribution in [1.82, 2.24) is 5.32 Å². The van der Waals surface area contributed by atoms with Gasteiger partial charge in [-0.3, -0.25) is 9.59 Å². The third-order valence-corrected chi connectivity index (χ3v) is 5.21. The largest absolute Gasteiger partial charge is 0.490 e. The minimum atomic E-state index is -9.89. The lowest BCUT2D eigenvalue weighted by atomic mass is 10.0. The Bertz CT molecular complexity index is 1170. The van der Waals surface area contributed by atoms with Gasteiger partial charge in [0.1, 0.15) is 17.3 Å². The number of nitrogens with one attached hydrogen (secondary N) is 1. The summed E-state index contributed by atoms with van der Waals surface area (Å²) in [7, 11) is -9.89. The minimum absolute atomic E-state index is 0.00573. The molecule has 0 spiro atoms. The van der Waals surface area contributed by atoms with Gasteiger partial charge in [-0.25, -0.2) is 0 Å². The zero-order valence-corrected chi connectivity index (χ0v) is 17.1. The van der Waals surface area contributed by atoms with Gasteiger partial charge in [0.05, 0.1) is 17.7 Å². The van der Waals surface area contributed by atoms with Crippen LogP contribution in [-0.4, -0.2) is 24.0 Å². The molecule has 0 aliphatic carbocycles. The number of hydrogen-bond acceptors (Lipinski definition) is 5. The van der Waals surface area contributed by atoms with Gasteiger partial charge in [-0.15, -0.1) is 0 Å². The Balaban J connectivity index is 2.18. The molecule has 2 aromatic carbocycles. The van der Waals surface area contributed by atoms with Gasteiger partial charge in [0.25, 0.3) is 5.91 Å². The van der Waals surface area contributed by atoms with Crippen molar-refractivity contribution in [3.05, 3.63) is 59.2 Å². The molecule has 0 radical (unpaired) electrons. The summed E-state index contributed by atoms with van der Waals surface area (Å²) in [6.07, 6.45) is 0. The Morgan fingerprint density at radius 3 is 2.12 bits per heavy atom. The normalized spacial score (nSPS) is 15.1. The van der Waals surface area contributed by atoms with Crippen molar-refractivity contribution in [3.63, 3.8) is 0 Å². The molecule has 32 heavy (non-hydrogen) atoms. The summed E-state index contributed by atoms with van der Waals surface area (Å²) in [6.45, 7) is 0.739. The van der Waals surface area contributed by atoms with Crippen molar-refractivity contribution in [3.8, 4) is 17.9 Å². The van der Waals surface area contributed by atoms with Crippen LogP contribution in [0.1, 0.15) is 33.2 Å². The highest BCUT2D eigenvalue weighted by atomic mass is 32.5. The van der Waals surface area contributed by atoms with E-state index in [0.717, 1.165) is 0 Å². The number of primary amides is 1. The third kappa shape index (κ3) is 6.09. The number of nitrogens with zero attached hydrogens (tertiary/aromatic N) is 2. The average Bonchev–Trinajstić information content (AvgIpc) is 2.70. The maximum Gasteiger partial charge on any atom is 0.310 e. The number of benzene rings is 2. The van der Waals surface area contributed by atoms with Gasteiger partial charge in [0.15, 0.2) is 5.54 Å². The first kappa shape index (κ1) is 24.4. The highest BCUT2D eigenvalue weighted by Gasteiger charge is 2.65. The predicted octanol–water partition coefficient (Wildman–Crippen LogP) is 4.41. The topological polar surface area (TPSA) is 129 Å². The van der Waals surface area contributed by atoms with E-state index in [-0.39, 0.29) is 29.0 Å². The SMILES string of the molecule is CC(C#N)(COc1cc(C#N)cc(C(N)=O)c1)NC(=O)c1ccc(S(F)(F)(F)(F)F)cc1. The molecule has 2 amide bonds. The molecule has 7 nitrogen and oxygen atoms in total. The summed E-state index contributed by atoms with van der Waals surface area (Å²) < 4.78 is 69.3. The van der Waals surface area contributed by atoms with E-state index in [2.05, 4.69) is 5.32 Å². The lowest BCUT2D eigenvalue weighted by Gasteiger charge is -2.40. The van der Waals surface area contributed by atoms with E-state index >= 15 is 0 Å². The Hall–Kier alpha value is -3.84. The number of hydrogen-bond donors (Lipinski definition) is 2. The highest BCUT2D eigenvalue weighted by molar-refractivity contribution is 8.45. The van der Waals surface area contributed by atoms with Crippen molar-refractivity contribution in [1.29, 1.82) is 10.5 Å². The minimum Gasteiger partial charge on any atom is -0.490 e. The monoisotopic (exact) mass is 474 g/mol. The summed E-state index contributed by atoms with van der Waals surface area (Å²) in [5, 5.41) is 20.6. The summed E-state index contributed by atoms with van der Waals surface area (Å²) in [4.78, 5) is 21.5. The van der Waals surface area contributed by atoms with E-state index < -0.39 is 44.6 Å². The molecule has 1 unspecified atom stereocenters. The first-order chi connectivity index (χ1) is 14.5. The zero-order chi connectivity index (χ0) is 24.4. The molecule has 0 fully saturated rings. The molecule has 0 aromatic heterocycles. The molecule has 0 saturated carbocycles. The summed E-state index contributed by atoms with van der Waals surface area (Å²) in [5.41, 5.74) is 3.06. The van der Waals surface area contributed by atoms with Crippen LogP contribution in [0.5, 0.6) is 5.75 Å². The lowest BCUT2D eigenvalue weighted by molar-refractivity contribution is 0.0900. The molecule has 0 bridgehead atoms. The smallest absolute Gasteiger partial charge is 0.310 e. The van der Waals surface area contributed by atoms with Crippen LogP contribution in [0.3, 0.4) is 0 Å². The van der Waals surface area contributed by atoms with Crippen LogP contribution >= 0.6 is 10.2 Å². The van der Waals surface area contributed by atoms with Crippen molar-refractivity contribution < 1.29 is 33.8 Å². The van der Waals surface area contributed by atoms with Crippen LogP contribution < -0.4 is 15.8 Å². The number of nitrogens with two attached hydrogens (primary N) is 1. The van der Waals surface area contributed by atoms with Crippen LogP contribution in [0.25, 0.3) is 0 Å². The van der Waals surface area contributed by atoms with Crippen molar-refractivity contribution >= 4 is 22.0 Å². The van der Waals surface area contributed by atoms with Crippen LogP contribution in [0, 0.1) is 22.7 Å². The van der Waals surface area contributed by atoms with Gasteiger partial charge in [-0.1, -0.05) is 19.4 Å². The highest BCUT2D eigenvalue weighted by Crippen LogP contribution is 3.02. The molecule has 0 aliphatic heterocycles. The van der Waals surface area contributed by atoms with E-state index in [4.69, 9.17) is 15.7 Å². The van der Waals surface area contributed by atoms with Gasteiger partial charge in [0, 0.05) is 11.1 Å². The van der Waals surface area contributed by atoms with E-state index in [9.17, 15) is 34.3 Å². The Morgan fingerprint density at radius 1 is 1.06 bits per heavy atom. The molecule has 0 aliphatic rings. The standard InChI is InChI=1S/C19H15F5N4O3S/c1-19(10-26,11-31-15-7-12(9-25)6-14(8-15)17(27)29)28-18(30)13-2-4-16(5-3-13)32(20,21,22,23)24/h2-8H,11H2,1H3,(H2,27,29)(H,28,30). The number of carbonyl (C=O) groups excluding carboxylic acids is 2. The number of ether oxygens (including phenoxy) is 1. The molecular weight excluding hydrogens is 459 g/mol. The van der Waals surface area contributed by atoms with E-state index in [1.54, 1.807) is 12.1 Å². The second-order valence-corrected chi connectivity index (χ2v) is 9.31. The number of halogens is 5. The summed E-state index contributed by atoms with van der Waals surface area (Å²) in [6, 6.07) is 8.50. The Kier molecular flexibility index (Phi) is 5.64. The first-order valence-corrected chi connectivity index (χ1v) is 10.5. The lowest BCUT2D eigenvalue weighted by Crippen LogP contribution is -2.49. The number of rotatable bonds is 7. The quantitative estimate of drug-likeness (QED) is 0.575.